The van der Waals surface area contributed by atoms with Gasteiger partial charge in [-0.3, -0.25) is 4.79 Å². The van der Waals surface area contributed by atoms with Crippen LogP contribution in [-0.2, 0) is 16.9 Å². The number of hydrogen-bond donors (Lipinski definition) is 5. The SMILES string of the molecule is NC(=O)c1c(CO)c(C(=O)O)cc2c1C(=O)OC21c2ccc(O)cc2Oc2cc(O)ccc21. The van der Waals surface area contributed by atoms with Crippen LogP contribution < -0.4 is 10.5 Å². The number of carbonyl (C=O) groups excluding carboxylic acids is 2. The lowest BCUT2D eigenvalue weighted by Crippen LogP contribution is -2.33. The summed E-state index contributed by atoms with van der Waals surface area (Å²) in [5.41, 5.74) is 2.72. The lowest BCUT2D eigenvalue weighted by molar-refractivity contribution is 0.0223. The first kappa shape index (κ1) is 20.3. The summed E-state index contributed by atoms with van der Waals surface area (Å²) < 4.78 is 11.7. The molecule has 6 N–H and O–H groups in total. The largest absolute Gasteiger partial charge is 0.508 e. The Kier molecular flexibility index (Phi) is 4.14. The van der Waals surface area contributed by atoms with Gasteiger partial charge < -0.3 is 35.6 Å². The Bertz CT molecular complexity index is 1360. The van der Waals surface area contributed by atoms with Crippen LogP contribution in [0.3, 0.4) is 0 Å². The molecule has 1 amide bonds. The molecule has 33 heavy (non-hydrogen) atoms. The van der Waals surface area contributed by atoms with Gasteiger partial charge >= 0.3 is 11.9 Å². The van der Waals surface area contributed by atoms with Gasteiger partial charge in [-0.25, -0.2) is 9.59 Å². The molecular formula is C23H15NO9. The zero-order valence-corrected chi connectivity index (χ0v) is 16.7. The number of carbonyl (C=O) groups is 3. The number of hydrogen-bond acceptors (Lipinski definition) is 8. The van der Waals surface area contributed by atoms with Crippen molar-refractivity contribution in [3.8, 4) is 23.0 Å². The molecule has 0 radical (unpaired) electrons. The van der Waals surface area contributed by atoms with E-state index in [4.69, 9.17) is 15.2 Å². The van der Waals surface area contributed by atoms with E-state index in [1.165, 1.54) is 36.4 Å². The summed E-state index contributed by atoms with van der Waals surface area (Å²) in [5.74, 6) is -3.69. The summed E-state index contributed by atoms with van der Waals surface area (Å²) in [6.07, 6.45) is 0. The van der Waals surface area contributed by atoms with Crippen molar-refractivity contribution < 1.29 is 44.3 Å². The fraction of sp³-hybridized carbons (Fsp3) is 0.0870. The van der Waals surface area contributed by atoms with Gasteiger partial charge in [0.15, 0.2) is 5.60 Å². The van der Waals surface area contributed by atoms with E-state index >= 15 is 0 Å². The number of phenols is 2. The summed E-state index contributed by atoms with van der Waals surface area (Å²) in [5, 5.41) is 39.5. The van der Waals surface area contributed by atoms with E-state index in [-0.39, 0.29) is 50.8 Å². The Hall–Kier alpha value is -4.57. The molecule has 2 heterocycles. The minimum absolute atomic E-state index is 0.00178. The molecule has 0 unspecified atom stereocenters. The van der Waals surface area contributed by atoms with Crippen LogP contribution in [0.25, 0.3) is 0 Å². The van der Waals surface area contributed by atoms with Crippen molar-refractivity contribution in [1.82, 2.24) is 0 Å². The van der Waals surface area contributed by atoms with Crippen molar-refractivity contribution in [2.24, 2.45) is 5.73 Å². The number of rotatable bonds is 3. The molecule has 2 aliphatic rings. The van der Waals surface area contributed by atoms with Crippen LogP contribution in [0.15, 0.2) is 42.5 Å². The van der Waals surface area contributed by atoms with Gasteiger partial charge in [0, 0.05) is 34.4 Å². The number of ether oxygens (including phenoxy) is 2. The van der Waals surface area contributed by atoms with Crippen molar-refractivity contribution in [2.75, 3.05) is 0 Å². The van der Waals surface area contributed by atoms with Gasteiger partial charge in [-0.05, 0) is 30.3 Å². The molecule has 0 aromatic heterocycles. The molecule has 166 valence electrons. The topological polar surface area (TPSA) is 177 Å². The number of benzene rings is 3. The number of aromatic carboxylic acids is 1. The van der Waals surface area contributed by atoms with Gasteiger partial charge in [-0.1, -0.05) is 0 Å². The summed E-state index contributed by atoms with van der Waals surface area (Å²) in [6, 6.07) is 9.22. The number of carboxylic acid groups (broad SMARTS) is 1. The predicted octanol–water partition coefficient (Wildman–Crippen LogP) is 1.96. The monoisotopic (exact) mass is 449 g/mol. The van der Waals surface area contributed by atoms with Crippen molar-refractivity contribution >= 4 is 17.8 Å². The van der Waals surface area contributed by atoms with Crippen molar-refractivity contribution in [3.63, 3.8) is 0 Å². The second kappa shape index (κ2) is 6.71. The minimum atomic E-state index is -1.78. The van der Waals surface area contributed by atoms with Crippen LogP contribution in [0, 0.1) is 0 Å². The van der Waals surface area contributed by atoms with Crippen LogP contribution in [0.2, 0.25) is 0 Å². The second-order valence-corrected chi connectivity index (χ2v) is 7.56. The van der Waals surface area contributed by atoms with Crippen LogP contribution in [-0.4, -0.2) is 38.3 Å². The number of aromatic hydroxyl groups is 2. The van der Waals surface area contributed by atoms with E-state index in [0.29, 0.717) is 0 Å². The van der Waals surface area contributed by atoms with E-state index in [1.807, 2.05) is 0 Å². The molecule has 1 spiro atoms. The predicted molar refractivity (Wildman–Crippen MR) is 109 cm³/mol. The van der Waals surface area contributed by atoms with E-state index in [2.05, 4.69) is 0 Å². The van der Waals surface area contributed by atoms with Gasteiger partial charge in [0.2, 0.25) is 5.91 Å². The fourth-order valence-electron chi connectivity index (χ4n) is 4.52. The zero-order valence-electron chi connectivity index (χ0n) is 16.7. The van der Waals surface area contributed by atoms with E-state index < -0.39 is 41.2 Å². The number of nitrogens with two attached hydrogens (primary N) is 1. The third-order valence-electron chi connectivity index (χ3n) is 5.81. The fourth-order valence-corrected chi connectivity index (χ4v) is 4.52. The standard InChI is InChI=1S/C23H15NO9/c24-20(28)18-12(8-25)11(21(29)30)7-15-19(18)22(31)33-23(15)13-3-1-9(26)5-16(13)32-17-6-10(27)2-4-14(17)23/h1-7,25-27H,8H2,(H2,24,28)(H,29,30). The number of aliphatic hydroxyl groups excluding tert-OH is 1. The molecule has 10 heteroatoms. The number of primary amides is 1. The molecule has 10 nitrogen and oxygen atoms in total. The van der Waals surface area contributed by atoms with Crippen LogP contribution in [0.5, 0.6) is 23.0 Å². The first-order valence-corrected chi connectivity index (χ1v) is 9.61. The number of phenolic OH excluding ortho intramolecular Hbond substituents is 2. The van der Waals surface area contributed by atoms with E-state index in [9.17, 15) is 34.8 Å². The Morgan fingerprint density at radius 2 is 1.52 bits per heavy atom. The molecule has 0 fully saturated rings. The maximum Gasteiger partial charge on any atom is 0.341 e. The quantitative estimate of drug-likeness (QED) is 0.374. The average molecular weight is 449 g/mol. The highest BCUT2D eigenvalue weighted by Gasteiger charge is 2.55. The molecule has 0 atom stereocenters. The normalized spacial score (nSPS) is 14.6. The van der Waals surface area contributed by atoms with Gasteiger partial charge in [0.1, 0.15) is 23.0 Å². The number of aliphatic hydroxyl groups is 1. The van der Waals surface area contributed by atoms with Crippen LogP contribution >= 0.6 is 0 Å². The molecule has 3 aromatic carbocycles. The summed E-state index contributed by atoms with van der Waals surface area (Å²) in [4.78, 5) is 37.5. The molecule has 3 aromatic rings. The molecule has 0 saturated carbocycles. The maximum atomic E-state index is 13.2. The summed E-state index contributed by atoms with van der Waals surface area (Å²) >= 11 is 0. The van der Waals surface area contributed by atoms with Crippen molar-refractivity contribution in [3.05, 3.63) is 81.4 Å². The molecular weight excluding hydrogens is 434 g/mol. The Morgan fingerprint density at radius 3 is 2.00 bits per heavy atom. The van der Waals surface area contributed by atoms with Gasteiger partial charge in [-0.15, -0.1) is 0 Å². The Balaban J connectivity index is 1.97. The molecule has 0 bridgehead atoms. The molecule has 0 saturated heterocycles. The number of carboxylic acids is 1. The Morgan fingerprint density at radius 1 is 0.939 bits per heavy atom. The number of esters is 1. The second-order valence-electron chi connectivity index (χ2n) is 7.56. The lowest BCUT2D eigenvalue weighted by atomic mass is 9.75. The number of amides is 1. The van der Waals surface area contributed by atoms with Gasteiger partial charge in [0.05, 0.1) is 23.3 Å². The number of fused-ring (bicyclic) bond motifs is 6. The highest BCUT2D eigenvalue weighted by Crippen LogP contribution is 2.57. The van der Waals surface area contributed by atoms with Crippen molar-refractivity contribution in [2.45, 2.75) is 12.2 Å². The third-order valence-corrected chi connectivity index (χ3v) is 5.81. The van der Waals surface area contributed by atoms with Crippen molar-refractivity contribution in [1.29, 1.82) is 0 Å². The summed E-state index contributed by atoms with van der Waals surface area (Å²) in [6.45, 7) is -0.856. The third kappa shape index (κ3) is 2.61. The zero-order chi connectivity index (χ0) is 23.7. The first-order chi connectivity index (χ1) is 15.7. The smallest absolute Gasteiger partial charge is 0.341 e. The highest BCUT2D eigenvalue weighted by atomic mass is 16.6. The summed E-state index contributed by atoms with van der Waals surface area (Å²) in [7, 11) is 0. The first-order valence-electron chi connectivity index (χ1n) is 9.61. The van der Waals surface area contributed by atoms with E-state index in [1.54, 1.807) is 0 Å². The maximum absolute atomic E-state index is 13.2. The molecule has 5 rings (SSSR count). The van der Waals surface area contributed by atoms with Gasteiger partial charge in [0.25, 0.3) is 0 Å². The highest BCUT2D eigenvalue weighted by molar-refractivity contribution is 6.11. The minimum Gasteiger partial charge on any atom is -0.508 e. The van der Waals surface area contributed by atoms with Crippen LogP contribution in [0.4, 0.5) is 0 Å². The molecule has 2 aliphatic heterocycles. The van der Waals surface area contributed by atoms with Crippen LogP contribution in [0.1, 0.15) is 53.3 Å². The Labute approximate surface area is 185 Å². The lowest BCUT2D eigenvalue weighted by Gasteiger charge is -2.36. The average Bonchev–Trinajstić information content (AvgIpc) is 3.04. The van der Waals surface area contributed by atoms with E-state index in [0.717, 1.165) is 6.07 Å². The van der Waals surface area contributed by atoms with Gasteiger partial charge in [-0.2, -0.15) is 0 Å². The molecule has 0 aliphatic carbocycles.